The fourth-order valence-corrected chi connectivity index (χ4v) is 2.50. The molecule has 21 heavy (non-hydrogen) atoms. The number of hydrogen-bond donors (Lipinski definition) is 1. The summed E-state index contributed by atoms with van der Waals surface area (Å²) >= 11 is 0. The van der Waals surface area contributed by atoms with Crippen LogP contribution < -0.4 is 10.1 Å². The minimum absolute atomic E-state index is 0.389. The van der Waals surface area contributed by atoms with Gasteiger partial charge in [-0.15, -0.1) is 0 Å². The Balaban J connectivity index is 2.16. The molecule has 112 valence electrons. The zero-order chi connectivity index (χ0) is 15.1. The molecule has 0 aliphatic carbocycles. The quantitative estimate of drug-likeness (QED) is 0.763. The van der Waals surface area contributed by atoms with E-state index in [1.807, 2.05) is 18.2 Å². The first kappa shape index (κ1) is 15.6. The third kappa shape index (κ3) is 4.33. The minimum Gasteiger partial charge on any atom is -0.457 e. The van der Waals surface area contributed by atoms with Crippen LogP contribution in [0.15, 0.2) is 48.5 Å². The summed E-state index contributed by atoms with van der Waals surface area (Å²) in [4.78, 5) is 0. The lowest BCUT2D eigenvalue weighted by atomic mass is 10.0. The summed E-state index contributed by atoms with van der Waals surface area (Å²) in [5.74, 6) is 1.81. The summed E-state index contributed by atoms with van der Waals surface area (Å²) in [5, 5.41) is 3.50. The number of rotatable bonds is 7. The second-order valence-electron chi connectivity index (χ2n) is 5.19. The SMILES string of the molecule is CCNC(CC)c1cccc(Oc2cccc(CC)c2)c1. The fraction of sp³-hybridized carbons (Fsp3) is 0.368. The first-order valence-corrected chi connectivity index (χ1v) is 7.87. The van der Waals surface area contributed by atoms with E-state index in [2.05, 4.69) is 56.4 Å². The number of nitrogens with one attached hydrogen (secondary N) is 1. The Labute approximate surface area is 128 Å². The Morgan fingerprint density at radius 2 is 1.67 bits per heavy atom. The zero-order valence-electron chi connectivity index (χ0n) is 13.2. The van der Waals surface area contributed by atoms with Gasteiger partial charge in [-0.05, 0) is 54.8 Å². The van der Waals surface area contributed by atoms with E-state index in [0.717, 1.165) is 30.9 Å². The molecule has 2 aromatic rings. The maximum atomic E-state index is 6.01. The molecular formula is C19H25NO. The van der Waals surface area contributed by atoms with Gasteiger partial charge in [0.2, 0.25) is 0 Å². The van der Waals surface area contributed by atoms with Crippen LogP contribution in [-0.2, 0) is 6.42 Å². The molecule has 2 nitrogen and oxygen atoms in total. The van der Waals surface area contributed by atoms with E-state index in [0.29, 0.717) is 6.04 Å². The van der Waals surface area contributed by atoms with Crippen LogP contribution in [0.5, 0.6) is 11.5 Å². The van der Waals surface area contributed by atoms with Gasteiger partial charge < -0.3 is 10.1 Å². The van der Waals surface area contributed by atoms with Crippen molar-refractivity contribution in [3.63, 3.8) is 0 Å². The van der Waals surface area contributed by atoms with Crippen LogP contribution in [-0.4, -0.2) is 6.54 Å². The molecular weight excluding hydrogens is 258 g/mol. The van der Waals surface area contributed by atoms with Crippen molar-refractivity contribution in [1.29, 1.82) is 0 Å². The molecule has 1 atom stereocenters. The number of benzene rings is 2. The van der Waals surface area contributed by atoms with Crippen molar-refractivity contribution in [3.05, 3.63) is 59.7 Å². The van der Waals surface area contributed by atoms with Crippen LogP contribution in [0.2, 0.25) is 0 Å². The van der Waals surface area contributed by atoms with E-state index in [1.54, 1.807) is 0 Å². The second-order valence-corrected chi connectivity index (χ2v) is 5.19. The van der Waals surface area contributed by atoms with Crippen molar-refractivity contribution in [3.8, 4) is 11.5 Å². The lowest BCUT2D eigenvalue weighted by molar-refractivity contribution is 0.477. The van der Waals surface area contributed by atoms with Gasteiger partial charge in [0.15, 0.2) is 0 Å². The van der Waals surface area contributed by atoms with Crippen molar-refractivity contribution in [2.75, 3.05) is 6.54 Å². The first-order chi connectivity index (χ1) is 10.3. The van der Waals surface area contributed by atoms with Gasteiger partial charge in [-0.25, -0.2) is 0 Å². The van der Waals surface area contributed by atoms with Crippen molar-refractivity contribution < 1.29 is 4.74 Å². The molecule has 0 radical (unpaired) electrons. The largest absolute Gasteiger partial charge is 0.457 e. The van der Waals surface area contributed by atoms with Crippen LogP contribution >= 0.6 is 0 Å². The van der Waals surface area contributed by atoms with Crippen LogP contribution in [0.25, 0.3) is 0 Å². The molecule has 0 bridgehead atoms. The standard InChI is InChI=1S/C19H25NO/c1-4-15-9-7-11-17(13-15)21-18-12-8-10-16(14-18)19(5-2)20-6-3/h7-14,19-20H,4-6H2,1-3H3. The van der Waals surface area contributed by atoms with Crippen LogP contribution in [0.4, 0.5) is 0 Å². The van der Waals surface area contributed by atoms with Gasteiger partial charge in [0.1, 0.15) is 11.5 Å². The van der Waals surface area contributed by atoms with Crippen molar-refractivity contribution >= 4 is 0 Å². The molecule has 2 rings (SSSR count). The molecule has 0 spiro atoms. The van der Waals surface area contributed by atoms with Crippen molar-refractivity contribution in [2.24, 2.45) is 0 Å². The fourth-order valence-electron chi connectivity index (χ4n) is 2.50. The molecule has 0 aliphatic heterocycles. The van der Waals surface area contributed by atoms with E-state index >= 15 is 0 Å². The smallest absolute Gasteiger partial charge is 0.127 e. The Kier molecular flexibility index (Phi) is 5.82. The van der Waals surface area contributed by atoms with E-state index in [4.69, 9.17) is 4.74 Å². The predicted molar refractivity (Wildman–Crippen MR) is 89.0 cm³/mol. The Hall–Kier alpha value is -1.80. The summed E-state index contributed by atoms with van der Waals surface area (Å²) in [6.45, 7) is 7.47. The number of ether oxygens (including phenoxy) is 1. The maximum absolute atomic E-state index is 6.01. The average molecular weight is 283 g/mol. The van der Waals surface area contributed by atoms with Crippen molar-refractivity contribution in [1.82, 2.24) is 5.32 Å². The minimum atomic E-state index is 0.389. The molecule has 0 aromatic heterocycles. The molecule has 0 heterocycles. The molecule has 0 fully saturated rings. The summed E-state index contributed by atoms with van der Waals surface area (Å²) in [5.41, 5.74) is 2.58. The molecule has 1 N–H and O–H groups in total. The number of aryl methyl sites for hydroxylation is 1. The number of hydrogen-bond acceptors (Lipinski definition) is 2. The van der Waals surface area contributed by atoms with Gasteiger partial charge >= 0.3 is 0 Å². The average Bonchev–Trinajstić information content (AvgIpc) is 2.53. The Bertz CT molecular complexity index is 565. The Morgan fingerprint density at radius 1 is 0.952 bits per heavy atom. The Morgan fingerprint density at radius 3 is 2.33 bits per heavy atom. The van der Waals surface area contributed by atoms with Crippen LogP contribution in [0.3, 0.4) is 0 Å². The lowest BCUT2D eigenvalue weighted by Crippen LogP contribution is -2.19. The van der Waals surface area contributed by atoms with E-state index in [-0.39, 0.29) is 0 Å². The van der Waals surface area contributed by atoms with Crippen LogP contribution in [0, 0.1) is 0 Å². The lowest BCUT2D eigenvalue weighted by Gasteiger charge is -2.17. The monoisotopic (exact) mass is 283 g/mol. The zero-order valence-corrected chi connectivity index (χ0v) is 13.2. The molecule has 0 amide bonds. The van der Waals surface area contributed by atoms with Crippen molar-refractivity contribution in [2.45, 2.75) is 39.7 Å². The highest BCUT2D eigenvalue weighted by Gasteiger charge is 2.08. The van der Waals surface area contributed by atoms with Gasteiger partial charge in [0.25, 0.3) is 0 Å². The predicted octanol–water partition coefficient (Wildman–Crippen LogP) is 5.10. The van der Waals surface area contributed by atoms with Gasteiger partial charge in [-0.3, -0.25) is 0 Å². The van der Waals surface area contributed by atoms with Gasteiger partial charge in [0, 0.05) is 6.04 Å². The highest BCUT2D eigenvalue weighted by Crippen LogP contribution is 2.26. The van der Waals surface area contributed by atoms with E-state index in [9.17, 15) is 0 Å². The highest BCUT2D eigenvalue weighted by atomic mass is 16.5. The molecule has 2 aromatic carbocycles. The van der Waals surface area contributed by atoms with Gasteiger partial charge in [-0.2, -0.15) is 0 Å². The first-order valence-electron chi connectivity index (χ1n) is 7.87. The van der Waals surface area contributed by atoms with E-state index in [1.165, 1.54) is 11.1 Å². The van der Waals surface area contributed by atoms with E-state index < -0.39 is 0 Å². The van der Waals surface area contributed by atoms with Crippen LogP contribution in [0.1, 0.15) is 44.4 Å². The molecule has 0 saturated heterocycles. The third-order valence-electron chi connectivity index (χ3n) is 3.66. The summed E-state index contributed by atoms with van der Waals surface area (Å²) < 4.78 is 6.01. The molecule has 1 unspecified atom stereocenters. The second kappa shape index (κ2) is 7.84. The molecule has 2 heteroatoms. The molecule has 0 aliphatic rings. The highest BCUT2D eigenvalue weighted by molar-refractivity contribution is 5.36. The van der Waals surface area contributed by atoms with Gasteiger partial charge in [0.05, 0.1) is 0 Å². The third-order valence-corrected chi connectivity index (χ3v) is 3.66. The normalized spacial score (nSPS) is 12.1. The summed E-state index contributed by atoms with van der Waals surface area (Å²) in [7, 11) is 0. The summed E-state index contributed by atoms with van der Waals surface area (Å²) in [6, 6.07) is 17.0. The topological polar surface area (TPSA) is 21.3 Å². The maximum Gasteiger partial charge on any atom is 0.127 e. The van der Waals surface area contributed by atoms with Gasteiger partial charge in [-0.1, -0.05) is 45.0 Å². The molecule has 0 saturated carbocycles. The summed E-state index contributed by atoms with van der Waals surface area (Å²) in [6.07, 6.45) is 2.10.